The molecule has 3 nitrogen and oxygen atoms in total. The zero-order chi connectivity index (χ0) is 11.3. The predicted molar refractivity (Wildman–Crippen MR) is 62.1 cm³/mol. The van der Waals surface area contributed by atoms with E-state index in [2.05, 4.69) is 16.3 Å². The fourth-order valence-electron chi connectivity index (χ4n) is 1.63. The minimum absolute atomic E-state index is 0.201. The number of hydrogen-bond acceptors (Lipinski definition) is 3. The third kappa shape index (κ3) is 4.95. The number of thiophene rings is 1. The lowest BCUT2D eigenvalue weighted by atomic mass is 10.1. The van der Waals surface area contributed by atoms with Gasteiger partial charge in [0.15, 0.2) is 0 Å². The largest absolute Gasteiger partial charge is 0.481 e. The van der Waals surface area contributed by atoms with E-state index in [4.69, 9.17) is 5.11 Å². The third-order valence-corrected chi connectivity index (χ3v) is 3.01. The Morgan fingerprint density at radius 3 is 2.93 bits per heavy atom. The number of carboxylic acids is 1. The minimum Gasteiger partial charge on any atom is -0.481 e. The van der Waals surface area contributed by atoms with Crippen molar-refractivity contribution < 1.29 is 9.90 Å². The summed E-state index contributed by atoms with van der Waals surface area (Å²) < 4.78 is 0. The van der Waals surface area contributed by atoms with Crippen molar-refractivity contribution in [1.82, 2.24) is 4.90 Å². The van der Waals surface area contributed by atoms with Gasteiger partial charge in [-0.05, 0) is 24.4 Å². The molecule has 0 radical (unpaired) electrons. The van der Waals surface area contributed by atoms with Gasteiger partial charge in [0.2, 0.25) is 0 Å². The summed E-state index contributed by atoms with van der Waals surface area (Å²) in [6, 6.07) is 4.14. The van der Waals surface area contributed by atoms with Gasteiger partial charge in [0.25, 0.3) is 0 Å². The van der Waals surface area contributed by atoms with Gasteiger partial charge >= 0.3 is 5.97 Å². The summed E-state index contributed by atoms with van der Waals surface area (Å²) in [5.41, 5.74) is 0. The number of nitrogens with zero attached hydrogens (tertiary/aromatic N) is 1. The van der Waals surface area contributed by atoms with Crippen LogP contribution < -0.4 is 0 Å². The Bertz CT molecular complexity index is 298. The third-order valence-electron chi connectivity index (χ3n) is 2.15. The highest BCUT2D eigenvalue weighted by Crippen LogP contribution is 2.12. The molecular formula is C11H17NO2S. The molecule has 1 heterocycles. The zero-order valence-corrected chi connectivity index (χ0v) is 9.96. The normalized spacial score (nSPS) is 13.0. The van der Waals surface area contributed by atoms with E-state index in [-0.39, 0.29) is 12.3 Å². The van der Waals surface area contributed by atoms with E-state index in [1.54, 1.807) is 11.3 Å². The maximum absolute atomic E-state index is 10.5. The Labute approximate surface area is 94.3 Å². The van der Waals surface area contributed by atoms with Crippen LogP contribution in [0.4, 0.5) is 0 Å². The van der Waals surface area contributed by atoms with Crippen LogP contribution in [0.5, 0.6) is 0 Å². The first-order valence-corrected chi connectivity index (χ1v) is 5.88. The molecule has 0 aliphatic heterocycles. The molecule has 84 valence electrons. The summed E-state index contributed by atoms with van der Waals surface area (Å²) in [6.07, 6.45) is 0.245. The quantitative estimate of drug-likeness (QED) is 0.810. The first-order valence-electron chi connectivity index (χ1n) is 5.00. The zero-order valence-electron chi connectivity index (χ0n) is 9.14. The van der Waals surface area contributed by atoms with E-state index in [0.29, 0.717) is 0 Å². The van der Waals surface area contributed by atoms with Crippen LogP contribution in [0.1, 0.15) is 18.2 Å². The highest BCUT2D eigenvalue weighted by Gasteiger charge is 2.10. The van der Waals surface area contributed by atoms with E-state index in [1.165, 1.54) is 4.88 Å². The van der Waals surface area contributed by atoms with Crippen molar-refractivity contribution in [2.24, 2.45) is 5.92 Å². The van der Waals surface area contributed by atoms with Gasteiger partial charge in [0.05, 0.1) is 0 Å². The maximum atomic E-state index is 10.5. The molecule has 4 heteroatoms. The van der Waals surface area contributed by atoms with E-state index in [0.717, 1.165) is 13.1 Å². The lowest BCUT2D eigenvalue weighted by Gasteiger charge is -2.19. The number of hydrogen-bond donors (Lipinski definition) is 1. The van der Waals surface area contributed by atoms with Crippen LogP contribution in [-0.4, -0.2) is 29.6 Å². The summed E-state index contributed by atoms with van der Waals surface area (Å²) in [4.78, 5) is 14.0. The van der Waals surface area contributed by atoms with Crippen LogP contribution in [0.15, 0.2) is 17.5 Å². The molecule has 1 atom stereocenters. The molecule has 0 aromatic carbocycles. The Hall–Kier alpha value is -0.870. The monoisotopic (exact) mass is 227 g/mol. The molecule has 1 N–H and O–H groups in total. The minimum atomic E-state index is -0.716. The Morgan fingerprint density at radius 2 is 2.40 bits per heavy atom. The number of rotatable bonds is 6. The summed E-state index contributed by atoms with van der Waals surface area (Å²) in [5, 5.41) is 10.7. The van der Waals surface area contributed by atoms with Gasteiger partial charge < -0.3 is 10.0 Å². The maximum Gasteiger partial charge on any atom is 0.303 e. The van der Waals surface area contributed by atoms with E-state index in [9.17, 15) is 4.79 Å². The molecule has 1 aromatic heterocycles. The lowest BCUT2D eigenvalue weighted by molar-refractivity contribution is -0.138. The first kappa shape index (κ1) is 12.2. The Balaban J connectivity index is 2.29. The second kappa shape index (κ2) is 5.88. The second-order valence-corrected chi connectivity index (χ2v) is 5.01. The molecule has 0 spiro atoms. The molecule has 1 unspecified atom stereocenters. The molecule has 0 bridgehead atoms. The first-order chi connectivity index (χ1) is 7.08. The predicted octanol–water partition coefficient (Wildman–Crippen LogP) is 2.29. The molecule has 1 rings (SSSR count). The van der Waals surface area contributed by atoms with Crippen LogP contribution in [0.3, 0.4) is 0 Å². The van der Waals surface area contributed by atoms with Crippen LogP contribution in [0, 0.1) is 5.92 Å². The molecule has 1 aromatic rings. The highest BCUT2D eigenvalue weighted by molar-refractivity contribution is 7.09. The Morgan fingerprint density at radius 1 is 1.67 bits per heavy atom. The van der Waals surface area contributed by atoms with Crippen molar-refractivity contribution in [3.63, 3.8) is 0 Å². The number of carboxylic acid groups (broad SMARTS) is 1. The van der Waals surface area contributed by atoms with Gasteiger partial charge in [0, 0.05) is 24.4 Å². The fraction of sp³-hybridized carbons (Fsp3) is 0.545. The average Bonchev–Trinajstić information content (AvgIpc) is 2.53. The van der Waals surface area contributed by atoms with E-state index >= 15 is 0 Å². The van der Waals surface area contributed by atoms with Crippen molar-refractivity contribution in [2.45, 2.75) is 19.9 Å². The topological polar surface area (TPSA) is 40.5 Å². The van der Waals surface area contributed by atoms with Gasteiger partial charge in [-0.2, -0.15) is 0 Å². The molecular weight excluding hydrogens is 210 g/mol. The summed E-state index contributed by atoms with van der Waals surface area (Å²) in [6.45, 7) is 3.70. The SMILES string of the molecule is CC(CC(=O)O)CN(C)Cc1cccs1. The lowest BCUT2D eigenvalue weighted by Crippen LogP contribution is -2.25. The van der Waals surface area contributed by atoms with Crippen molar-refractivity contribution in [2.75, 3.05) is 13.6 Å². The van der Waals surface area contributed by atoms with Crippen LogP contribution >= 0.6 is 11.3 Å². The molecule has 0 amide bonds. The van der Waals surface area contributed by atoms with Crippen molar-refractivity contribution in [3.8, 4) is 0 Å². The molecule has 0 fully saturated rings. The molecule has 0 saturated carbocycles. The average molecular weight is 227 g/mol. The summed E-state index contributed by atoms with van der Waals surface area (Å²) in [5.74, 6) is -0.514. The molecule has 0 aliphatic rings. The van der Waals surface area contributed by atoms with E-state index in [1.807, 2.05) is 20.0 Å². The number of carbonyl (C=O) groups is 1. The van der Waals surface area contributed by atoms with Gasteiger partial charge in [-0.3, -0.25) is 4.79 Å². The van der Waals surface area contributed by atoms with Gasteiger partial charge in [-0.25, -0.2) is 0 Å². The van der Waals surface area contributed by atoms with Crippen LogP contribution in [-0.2, 0) is 11.3 Å². The summed E-state index contributed by atoms with van der Waals surface area (Å²) >= 11 is 1.73. The van der Waals surface area contributed by atoms with E-state index < -0.39 is 5.97 Å². The number of aliphatic carboxylic acids is 1. The van der Waals surface area contributed by atoms with Crippen molar-refractivity contribution >= 4 is 17.3 Å². The standard InChI is InChI=1S/C11H17NO2S/c1-9(6-11(13)14)7-12(2)8-10-4-3-5-15-10/h3-5,9H,6-8H2,1-2H3,(H,13,14). The van der Waals surface area contributed by atoms with Gasteiger partial charge in [-0.15, -0.1) is 11.3 Å². The Kier molecular flexibility index (Phi) is 4.78. The molecule has 15 heavy (non-hydrogen) atoms. The van der Waals surface area contributed by atoms with Crippen molar-refractivity contribution in [1.29, 1.82) is 0 Å². The van der Waals surface area contributed by atoms with Gasteiger partial charge in [0.1, 0.15) is 0 Å². The van der Waals surface area contributed by atoms with Crippen LogP contribution in [0.25, 0.3) is 0 Å². The van der Waals surface area contributed by atoms with Gasteiger partial charge in [-0.1, -0.05) is 13.0 Å². The molecule has 0 saturated heterocycles. The fourth-order valence-corrected chi connectivity index (χ4v) is 2.41. The second-order valence-electron chi connectivity index (χ2n) is 3.98. The summed E-state index contributed by atoms with van der Waals surface area (Å²) in [7, 11) is 2.03. The molecule has 0 aliphatic carbocycles. The highest BCUT2D eigenvalue weighted by atomic mass is 32.1. The smallest absolute Gasteiger partial charge is 0.303 e. The van der Waals surface area contributed by atoms with Crippen LogP contribution in [0.2, 0.25) is 0 Å². The van der Waals surface area contributed by atoms with Crippen molar-refractivity contribution in [3.05, 3.63) is 22.4 Å².